The molecule has 4 rings (SSSR count). The molecule has 0 radical (unpaired) electrons. The highest BCUT2D eigenvalue weighted by Crippen LogP contribution is 2.36. The molecular weight excluding hydrogens is 282 g/mol. The lowest BCUT2D eigenvalue weighted by molar-refractivity contribution is -0.113. The molecule has 1 unspecified atom stereocenters. The second-order valence-corrected chi connectivity index (χ2v) is 6.35. The Morgan fingerprint density at radius 3 is 3.24 bits per heavy atom. The zero-order chi connectivity index (χ0) is 14.2. The molecule has 2 aromatic rings. The number of hydrogen-bond acceptors (Lipinski definition) is 4. The predicted octanol–water partition coefficient (Wildman–Crippen LogP) is 3.23. The Morgan fingerprint density at radius 2 is 2.29 bits per heavy atom. The van der Waals surface area contributed by atoms with Gasteiger partial charge in [-0.2, -0.15) is 0 Å². The Hall–Kier alpha value is -2.01. The number of carbonyl (C=O) groups excluding carboxylic acids is 1. The van der Waals surface area contributed by atoms with E-state index in [-0.39, 0.29) is 11.9 Å². The number of benzene rings is 1. The molecule has 106 valence electrons. The second kappa shape index (κ2) is 5.07. The number of pyridine rings is 1. The number of nitrogens with zero attached hydrogens (tertiary/aromatic N) is 1. The van der Waals surface area contributed by atoms with Crippen LogP contribution >= 0.6 is 11.8 Å². The van der Waals surface area contributed by atoms with Crippen molar-refractivity contribution >= 4 is 29.0 Å². The van der Waals surface area contributed by atoms with Gasteiger partial charge in [0.05, 0.1) is 23.2 Å². The molecule has 21 heavy (non-hydrogen) atoms. The molecular formula is C16H15N3OS. The Balaban J connectivity index is 1.59. The lowest BCUT2D eigenvalue weighted by Gasteiger charge is -2.19. The number of carbonyl (C=O) groups is 1. The Labute approximate surface area is 127 Å². The molecule has 4 nitrogen and oxygen atoms in total. The van der Waals surface area contributed by atoms with Gasteiger partial charge in [0, 0.05) is 16.8 Å². The molecule has 1 aliphatic carbocycles. The molecule has 2 aliphatic rings. The number of anilines is 2. The van der Waals surface area contributed by atoms with Gasteiger partial charge in [-0.15, -0.1) is 11.8 Å². The summed E-state index contributed by atoms with van der Waals surface area (Å²) < 4.78 is 0. The summed E-state index contributed by atoms with van der Waals surface area (Å²) in [6.45, 7) is 0. The highest BCUT2D eigenvalue weighted by molar-refractivity contribution is 8.00. The molecule has 0 saturated heterocycles. The summed E-state index contributed by atoms with van der Waals surface area (Å²) in [7, 11) is 0. The van der Waals surface area contributed by atoms with E-state index in [1.165, 1.54) is 5.56 Å². The third-order valence-corrected chi connectivity index (χ3v) is 4.99. The lowest BCUT2D eigenvalue weighted by atomic mass is 10.2. The van der Waals surface area contributed by atoms with Crippen molar-refractivity contribution in [2.45, 2.75) is 23.8 Å². The fourth-order valence-electron chi connectivity index (χ4n) is 2.93. The van der Waals surface area contributed by atoms with Crippen LogP contribution in [-0.2, 0) is 11.2 Å². The predicted molar refractivity (Wildman–Crippen MR) is 84.7 cm³/mol. The molecule has 0 saturated carbocycles. The van der Waals surface area contributed by atoms with Crippen molar-refractivity contribution in [1.29, 1.82) is 0 Å². The molecule has 1 aliphatic heterocycles. The van der Waals surface area contributed by atoms with E-state index in [1.54, 1.807) is 11.8 Å². The minimum absolute atomic E-state index is 0.0672. The van der Waals surface area contributed by atoms with Gasteiger partial charge in [0.15, 0.2) is 0 Å². The van der Waals surface area contributed by atoms with Crippen LogP contribution in [0.2, 0.25) is 0 Å². The number of nitrogens with one attached hydrogen (secondary N) is 2. The van der Waals surface area contributed by atoms with Crippen LogP contribution in [0, 0.1) is 0 Å². The van der Waals surface area contributed by atoms with Crippen molar-refractivity contribution in [3.8, 4) is 0 Å². The Bertz CT molecular complexity index is 716. The van der Waals surface area contributed by atoms with Crippen LogP contribution in [0.4, 0.5) is 11.4 Å². The number of fused-ring (bicyclic) bond motifs is 2. The molecule has 5 heteroatoms. The summed E-state index contributed by atoms with van der Waals surface area (Å²) in [6, 6.07) is 10.5. The van der Waals surface area contributed by atoms with Crippen LogP contribution in [0.25, 0.3) is 0 Å². The number of rotatable bonds is 2. The monoisotopic (exact) mass is 297 g/mol. The first kappa shape index (κ1) is 12.7. The van der Waals surface area contributed by atoms with Crippen molar-refractivity contribution in [2.24, 2.45) is 0 Å². The average molecular weight is 297 g/mol. The summed E-state index contributed by atoms with van der Waals surface area (Å²) in [6.07, 6.45) is 3.98. The van der Waals surface area contributed by atoms with E-state index in [0.29, 0.717) is 5.75 Å². The van der Waals surface area contributed by atoms with Gasteiger partial charge in [0.2, 0.25) is 5.91 Å². The van der Waals surface area contributed by atoms with Gasteiger partial charge < -0.3 is 10.6 Å². The van der Waals surface area contributed by atoms with E-state index < -0.39 is 0 Å². The van der Waals surface area contributed by atoms with Gasteiger partial charge in [-0.25, -0.2) is 0 Å². The number of aromatic nitrogens is 1. The van der Waals surface area contributed by atoms with Crippen LogP contribution < -0.4 is 10.6 Å². The fourth-order valence-corrected chi connectivity index (χ4v) is 3.72. The fraction of sp³-hybridized carbons (Fsp3) is 0.250. The van der Waals surface area contributed by atoms with Crippen molar-refractivity contribution in [1.82, 2.24) is 4.98 Å². The smallest absolute Gasteiger partial charge is 0.234 e. The summed E-state index contributed by atoms with van der Waals surface area (Å²) in [5.74, 6) is 0.567. The van der Waals surface area contributed by atoms with E-state index in [4.69, 9.17) is 0 Å². The zero-order valence-corrected chi connectivity index (χ0v) is 12.2. The number of aryl methyl sites for hydroxylation is 1. The molecule has 1 amide bonds. The van der Waals surface area contributed by atoms with Gasteiger partial charge in [-0.1, -0.05) is 6.07 Å². The van der Waals surface area contributed by atoms with Crippen molar-refractivity contribution in [3.05, 3.63) is 47.8 Å². The van der Waals surface area contributed by atoms with Crippen LogP contribution in [0.1, 0.15) is 23.7 Å². The molecule has 2 N–H and O–H groups in total. The summed E-state index contributed by atoms with van der Waals surface area (Å²) in [4.78, 5) is 17.1. The summed E-state index contributed by atoms with van der Waals surface area (Å²) in [5.41, 5.74) is 4.41. The number of thioether (sulfide) groups is 1. The van der Waals surface area contributed by atoms with Crippen LogP contribution in [0.15, 0.2) is 41.4 Å². The minimum Gasteiger partial charge on any atom is -0.377 e. The molecule has 2 heterocycles. The standard InChI is InChI=1S/C16H15N3OS/c20-15-9-21-14-6-4-11(8-13(14)19-15)18-12-5-3-10-2-1-7-17-16(10)12/h1-2,4,6-8,12,18H,3,5,9H2,(H,19,20). The average Bonchev–Trinajstić information content (AvgIpc) is 2.90. The SMILES string of the molecule is O=C1CSc2ccc(NC3CCc4cccnc43)cc2N1. The molecule has 1 aromatic heterocycles. The quantitative estimate of drug-likeness (QED) is 0.893. The van der Waals surface area contributed by atoms with Gasteiger partial charge >= 0.3 is 0 Å². The molecule has 1 aromatic carbocycles. The maximum Gasteiger partial charge on any atom is 0.234 e. The van der Waals surface area contributed by atoms with Crippen LogP contribution in [-0.4, -0.2) is 16.6 Å². The van der Waals surface area contributed by atoms with Crippen molar-refractivity contribution in [2.75, 3.05) is 16.4 Å². The second-order valence-electron chi connectivity index (χ2n) is 5.33. The first-order chi connectivity index (χ1) is 10.3. The highest BCUT2D eigenvalue weighted by Gasteiger charge is 2.24. The first-order valence-corrected chi connectivity index (χ1v) is 8.05. The van der Waals surface area contributed by atoms with Crippen molar-refractivity contribution in [3.63, 3.8) is 0 Å². The van der Waals surface area contributed by atoms with Gasteiger partial charge in [0.1, 0.15) is 0 Å². The van der Waals surface area contributed by atoms with E-state index >= 15 is 0 Å². The van der Waals surface area contributed by atoms with E-state index in [1.807, 2.05) is 18.3 Å². The Morgan fingerprint density at radius 1 is 1.33 bits per heavy atom. The molecule has 0 spiro atoms. The van der Waals surface area contributed by atoms with Crippen LogP contribution in [0.3, 0.4) is 0 Å². The van der Waals surface area contributed by atoms with Crippen LogP contribution in [0.5, 0.6) is 0 Å². The topological polar surface area (TPSA) is 54.0 Å². The minimum atomic E-state index is 0.0672. The molecule has 0 bridgehead atoms. The van der Waals surface area contributed by atoms with Gasteiger partial charge in [-0.3, -0.25) is 9.78 Å². The zero-order valence-electron chi connectivity index (χ0n) is 11.4. The molecule has 0 fully saturated rings. The largest absolute Gasteiger partial charge is 0.377 e. The normalized spacial score (nSPS) is 19.6. The van der Waals surface area contributed by atoms with Gasteiger partial charge in [0.25, 0.3) is 0 Å². The number of hydrogen-bond donors (Lipinski definition) is 2. The third-order valence-electron chi connectivity index (χ3n) is 3.91. The third kappa shape index (κ3) is 2.38. The van der Waals surface area contributed by atoms with E-state index in [9.17, 15) is 4.79 Å². The summed E-state index contributed by atoms with van der Waals surface area (Å²) >= 11 is 1.58. The number of amides is 1. The van der Waals surface area contributed by atoms with E-state index in [2.05, 4.69) is 33.8 Å². The van der Waals surface area contributed by atoms with Gasteiger partial charge in [-0.05, 0) is 42.7 Å². The Kier molecular flexibility index (Phi) is 3.07. The first-order valence-electron chi connectivity index (χ1n) is 7.06. The highest BCUT2D eigenvalue weighted by atomic mass is 32.2. The summed E-state index contributed by atoms with van der Waals surface area (Å²) in [5, 5.41) is 6.47. The van der Waals surface area contributed by atoms with Crippen molar-refractivity contribution < 1.29 is 4.79 Å². The molecule has 1 atom stereocenters. The van der Waals surface area contributed by atoms with E-state index in [0.717, 1.165) is 34.8 Å². The lowest BCUT2D eigenvalue weighted by Crippen LogP contribution is -2.19. The maximum atomic E-state index is 11.5. The maximum absolute atomic E-state index is 11.5.